The van der Waals surface area contributed by atoms with E-state index in [1.807, 2.05) is 6.07 Å². The molecule has 0 saturated carbocycles. The first-order valence-corrected chi connectivity index (χ1v) is 8.20. The first-order valence-electron chi connectivity index (χ1n) is 8.20. The zero-order chi connectivity index (χ0) is 16.1. The number of fused-ring (bicyclic) bond motifs is 1. The number of rotatable bonds is 8. The minimum absolute atomic E-state index is 0.411. The van der Waals surface area contributed by atoms with Gasteiger partial charge in [-0.3, -0.25) is 0 Å². The molecule has 0 spiro atoms. The van der Waals surface area contributed by atoms with Crippen molar-refractivity contribution in [3.05, 3.63) is 35.0 Å². The standard InChI is InChI=1S/C18H26N2O2/c1-3-5-7-14-12-20(9-6-8-19)17-15(14)10-13(4-2)11-16(17)18(21)22/h10-12H,3-9,19H2,1-2H3,(H,21,22). The average Bonchev–Trinajstić information content (AvgIpc) is 2.87. The molecule has 0 saturated heterocycles. The van der Waals surface area contributed by atoms with Crippen LogP contribution in [0.5, 0.6) is 0 Å². The summed E-state index contributed by atoms with van der Waals surface area (Å²) >= 11 is 0. The highest BCUT2D eigenvalue weighted by atomic mass is 16.4. The molecule has 0 radical (unpaired) electrons. The van der Waals surface area contributed by atoms with Crippen molar-refractivity contribution in [2.75, 3.05) is 6.54 Å². The molecule has 0 aliphatic heterocycles. The van der Waals surface area contributed by atoms with Gasteiger partial charge in [0, 0.05) is 18.1 Å². The topological polar surface area (TPSA) is 68.2 Å². The lowest BCUT2D eigenvalue weighted by atomic mass is 10.0. The summed E-state index contributed by atoms with van der Waals surface area (Å²) in [6.45, 7) is 5.61. The summed E-state index contributed by atoms with van der Waals surface area (Å²) < 4.78 is 2.08. The van der Waals surface area contributed by atoms with Gasteiger partial charge in [-0.05, 0) is 55.5 Å². The molecule has 1 aromatic carbocycles. The third-order valence-electron chi connectivity index (χ3n) is 4.16. The van der Waals surface area contributed by atoms with Gasteiger partial charge in [0.05, 0.1) is 11.1 Å². The van der Waals surface area contributed by atoms with E-state index in [-0.39, 0.29) is 0 Å². The van der Waals surface area contributed by atoms with Crippen LogP contribution in [-0.4, -0.2) is 22.2 Å². The molecule has 0 unspecified atom stereocenters. The average molecular weight is 302 g/mol. The number of hydrogen-bond donors (Lipinski definition) is 2. The Kier molecular flexibility index (Phi) is 5.61. The Bertz CT molecular complexity index is 659. The molecule has 0 amide bonds. The number of unbranched alkanes of at least 4 members (excludes halogenated alkanes) is 1. The maximum absolute atomic E-state index is 11.7. The van der Waals surface area contributed by atoms with E-state index in [1.165, 1.54) is 5.56 Å². The largest absolute Gasteiger partial charge is 0.478 e. The van der Waals surface area contributed by atoms with Crippen LogP contribution >= 0.6 is 0 Å². The fourth-order valence-corrected chi connectivity index (χ4v) is 2.94. The number of aromatic carboxylic acids is 1. The van der Waals surface area contributed by atoms with E-state index in [9.17, 15) is 9.90 Å². The zero-order valence-electron chi connectivity index (χ0n) is 13.6. The molecule has 0 aliphatic carbocycles. The summed E-state index contributed by atoms with van der Waals surface area (Å²) in [5.74, 6) is -0.852. The Balaban J connectivity index is 2.64. The molecular weight excluding hydrogens is 276 g/mol. The predicted octanol–water partition coefficient (Wildman–Crippen LogP) is 3.59. The lowest BCUT2D eigenvalue weighted by Gasteiger charge is -2.08. The zero-order valence-corrected chi connectivity index (χ0v) is 13.6. The SMILES string of the molecule is CCCCc1cn(CCCN)c2c(C(=O)O)cc(CC)cc12. The quantitative estimate of drug-likeness (QED) is 0.783. The van der Waals surface area contributed by atoms with Crippen LogP contribution in [0, 0.1) is 0 Å². The molecule has 4 heteroatoms. The van der Waals surface area contributed by atoms with Crippen molar-refractivity contribution < 1.29 is 9.90 Å². The summed E-state index contributed by atoms with van der Waals surface area (Å²) in [5.41, 5.74) is 9.22. The van der Waals surface area contributed by atoms with Crippen LogP contribution in [0.3, 0.4) is 0 Å². The highest BCUT2D eigenvalue weighted by Crippen LogP contribution is 2.28. The van der Waals surface area contributed by atoms with Crippen molar-refractivity contribution in [3.8, 4) is 0 Å². The van der Waals surface area contributed by atoms with Crippen LogP contribution in [0.15, 0.2) is 18.3 Å². The van der Waals surface area contributed by atoms with E-state index in [2.05, 4.69) is 30.7 Å². The Morgan fingerprint density at radius 1 is 1.27 bits per heavy atom. The minimum Gasteiger partial charge on any atom is -0.478 e. The van der Waals surface area contributed by atoms with E-state index in [1.54, 1.807) is 0 Å². The first-order chi connectivity index (χ1) is 10.6. The second-order valence-corrected chi connectivity index (χ2v) is 5.79. The van der Waals surface area contributed by atoms with E-state index in [0.717, 1.165) is 55.1 Å². The predicted molar refractivity (Wildman–Crippen MR) is 90.6 cm³/mol. The Morgan fingerprint density at radius 2 is 2.05 bits per heavy atom. The van der Waals surface area contributed by atoms with Crippen LogP contribution in [0.1, 0.15) is 54.6 Å². The fourth-order valence-electron chi connectivity index (χ4n) is 2.94. The molecular formula is C18H26N2O2. The van der Waals surface area contributed by atoms with Crippen molar-refractivity contribution in [2.24, 2.45) is 5.73 Å². The van der Waals surface area contributed by atoms with Crippen LogP contribution in [-0.2, 0) is 19.4 Å². The Morgan fingerprint density at radius 3 is 2.64 bits per heavy atom. The first kappa shape index (κ1) is 16.6. The highest BCUT2D eigenvalue weighted by molar-refractivity contribution is 6.03. The van der Waals surface area contributed by atoms with Gasteiger partial charge in [-0.1, -0.05) is 20.3 Å². The molecule has 1 aromatic heterocycles. The van der Waals surface area contributed by atoms with Gasteiger partial charge in [-0.25, -0.2) is 4.79 Å². The number of aryl methyl sites for hydroxylation is 3. The molecule has 3 N–H and O–H groups in total. The van der Waals surface area contributed by atoms with Gasteiger partial charge in [-0.2, -0.15) is 0 Å². The Labute approximate surface area is 131 Å². The number of benzene rings is 1. The molecule has 0 fully saturated rings. The molecule has 2 aromatic rings. The number of carbonyl (C=O) groups is 1. The van der Waals surface area contributed by atoms with Crippen molar-refractivity contribution >= 4 is 16.9 Å². The summed E-state index contributed by atoms with van der Waals surface area (Å²) in [5, 5.41) is 10.7. The van der Waals surface area contributed by atoms with Gasteiger partial charge in [0.1, 0.15) is 0 Å². The minimum atomic E-state index is -0.852. The maximum atomic E-state index is 11.7. The van der Waals surface area contributed by atoms with Gasteiger partial charge in [-0.15, -0.1) is 0 Å². The van der Waals surface area contributed by atoms with Crippen LogP contribution in [0.4, 0.5) is 0 Å². The second-order valence-electron chi connectivity index (χ2n) is 5.79. The van der Waals surface area contributed by atoms with Gasteiger partial charge in [0.2, 0.25) is 0 Å². The monoisotopic (exact) mass is 302 g/mol. The number of aromatic nitrogens is 1. The second kappa shape index (κ2) is 7.45. The third kappa shape index (κ3) is 3.33. The van der Waals surface area contributed by atoms with Crippen LogP contribution in [0.2, 0.25) is 0 Å². The van der Waals surface area contributed by atoms with Crippen molar-refractivity contribution in [1.82, 2.24) is 4.57 Å². The number of nitrogens with two attached hydrogens (primary N) is 1. The van der Waals surface area contributed by atoms with Crippen molar-refractivity contribution in [2.45, 2.75) is 52.5 Å². The summed E-state index contributed by atoms with van der Waals surface area (Å²) in [7, 11) is 0. The van der Waals surface area contributed by atoms with E-state index in [4.69, 9.17) is 5.73 Å². The van der Waals surface area contributed by atoms with E-state index >= 15 is 0 Å². The van der Waals surface area contributed by atoms with Crippen LogP contribution < -0.4 is 5.73 Å². The lowest BCUT2D eigenvalue weighted by molar-refractivity contribution is 0.0698. The van der Waals surface area contributed by atoms with Crippen LogP contribution in [0.25, 0.3) is 10.9 Å². The van der Waals surface area contributed by atoms with E-state index < -0.39 is 5.97 Å². The molecule has 1 heterocycles. The summed E-state index contributed by atoms with van der Waals surface area (Å²) in [4.78, 5) is 11.7. The molecule has 0 aliphatic rings. The summed E-state index contributed by atoms with van der Waals surface area (Å²) in [6.07, 6.45) is 7.07. The molecule has 120 valence electrons. The normalized spacial score (nSPS) is 11.2. The lowest BCUT2D eigenvalue weighted by Crippen LogP contribution is -2.07. The molecule has 0 bridgehead atoms. The molecule has 4 nitrogen and oxygen atoms in total. The summed E-state index contributed by atoms with van der Waals surface area (Å²) in [6, 6.07) is 3.97. The number of nitrogens with zero attached hydrogens (tertiary/aromatic N) is 1. The third-order valence-corrected chi connectivity index (χ3v) is 4.16. The maximum Gasteiger partial charge on any atom is 0.337 e. The van der Waals surface area contributed by atoms with Gasteiger partial charge in [0.15, 0.2) is 0 Å². The molecule has 22 heavy (non-hydrogen) atoms. The van der Waals surface area contributed by atoms with Gasteiger partial charge >= 0.3 is 5.97 Å². The van der Waals surface area contributed by atoms with Crippen molar-refractivity contribution in [1.29, 1.82) is 0 Å². The van der Waals surface area contributed by atoms with Gasteiger partial charge in [0.25, 0.3) is 0 Å². The Hall–Kier alpha value is -1.81. The van der Waals surface area contributed by atoms with Gasteiger partial charge < -0.3 is 15.4 Å². The number of hydrogen-bond acceptors (Lipinski definition) is 2. The van der Waals surface area contributed by atoms with Crippen molar-refractivity contribution in [3.63, 3.8) is 0 Å². The molecule has 2 rings (SSSR count). The van der Waals surface area contributed by atoms with E-state index in [0.29, 0.717) is 12.1 Å². The number of carboxylic acids is 1. The highest BCUT2D eigenvalue weighted by Gasteiger charge is 2.17. The number of carboxylic acid groups (broad SMARTS) is 1. The smallest absolute Gasteiger partial charge is 0.337 e. The molecule has 0 atom stereocenters. The fraction of sp³-hybridized carbons (Fsp3) is 0.500.